The average molecular weight is 341 g/mol. The van der Waals surface area contributed by atoms with Gasteiger partial charge < -0.3 is 14.3 Å². The van der Waals surface area contributed by atoms with Crippen molar-refractivity contribution in [2.75, 3.05) is 6.61 Å². The maximum absolute atomic E-state index is 11.8. The quantitative estimate of drug-likeness (QED) is 0.832. The first kappa shape index (κ1) is 19.0. The Morgan fingerprint density at radius 3 is 2.57 bits per heavy atom. The van der Waals surface area contributed by atoms with Gasteiger partial charge in [0.2, 0.25) is 11.8 Å². The molecule has 126 valence electrons. The molecule has 0 aliphatic heterocycles. The molecule has 0 fully saturated rings. The highest BCUT2D eigenvalue weighted by Crippen LogP contribution is 2.32. The van der Waals surface area contributed by atoms with Crippen LogP contribution in [0.4, 0.5) is 0 Å². The number of ether oxygens (including phenoxy) is 1. The SMILES string of the molecule is CC.CCOC(=O)CC(c1cc(O)cc(Cl)c1)c1nnc(C)o1. The van der Waals surface area contributed by atoms with E-state index in [0.29, 0.717) is 16.5 Å². The third-order valence-electron chi connectivity index (χ3n) is 2.82. The van der Waals surface area contributed by atoms with Gasteiger partial charge in [-0.25, -0.2) is 0 Å². The molecule has 6 nitrogen and oxygen atoms in total. The van der Waals surface area contributed by atoms with Crippen molar-refractivity contribution in [1.29, 1.82) is 0 Å². The second-order valence-corrected chi connectivity index (χ2v) is 4.90. The van der Waals surface area contributed by atoms with E-state index in [4.69, 9.17) is 20.8 Å². The smallest absolute Gasteiger partial charge is 0.306 e. The Morgan fingerprint density at radius 2 is 2.04 bits per heavy atom. The van der Waals surface area contributed by atoms with E-state index >= 15 is 0 Å². The van der Waals surface area contributed by atoms with Crippen LogP contribution in [0.2, 0.25) is 5.02 Å². The fourth-order valence-electron chi connectivity index (χ4n) is 1.98. The number of halogens is 1. The molecule has 0 saturated carbocycles. The highest BCUT2D eigenvalue weighted by molar-refractivity contribution is 6.30. The summed E-state index contributed by atoms with van der Waals surface area (Å²) >= 11 is 5.94. The Hall–Kier alpha value is -2.08. The van der Waals surface area contributed by atoms with Gasteiger partial charge in [0.25, 0.3) is 0 Å². The van der Waals surface area contributed by atoms with Gasteiger partial charge in [0.05, 0.1) is 18.9 Å². The molecule has 7 heteroatoms. The molecule has 2 aromatic rings. The molecule has 0 aliphatic carbocycles. The first-order chi connectivity index (χ1) is 11.0. The molecule has 0 spiro atoms. The van der Waals surface area contributed by atoms with Crippen molar-refractivity contribution in [3.63, 3.8) is 0 Å². The number of aromatic nitrogens is 2. The van der Waals surface area contributed by atoms with Crippen molar-refractivity contribution >= 4 is 17.6 Å². The first-order valence-electron chi connectivity index (χ1n) is 7.44. The zero-order valence-corrected chi connectivity index (χ0v) is 14.4. The Morgan fingerprint density at radius 1 is 1.35 bits per heavy atom. The number of aryl methyl sites for hydroxylation is 1. The van der Waals surface area contributed by atoms with Crippen LogP contribution in [0.5, 0.6) is 5.75 Å². The molecule has 1 aromatic heterocycles. The minimum Gasteiger partial charge on any atom is -0.508 e. The van der Waals surface area contributed by atoms with Gasteiger partial charge in [-0.15, -0.1) is 10.2 Å². The van der Waals surface area contributed by atoms with Crippen LogP contribution in [0, 0.1) is 6.92 Å². The number of rotatable bonds is 5. The monoisotopic (exact) mass is 340 g/mol. The summed E-state index contributed by atoms with van der Waals surface area (Å²) in [4.78, 5) is 11.8. The van der Waals surface area contributed by atoms with Gasteiger partial charge in [0, 0.05) is 11.9 Å². The third-order valence-corrected chi connectivity index (χ3v) is 3.04. The van der Waals surface area contributed by atoms with Gasteiger partial charge in [-0.05, 0) is 30.7 Å². The summed E-state index contributed by atoms with van der Waals surface area (Å²) in [5.74, 6) is -0.234. The fourth-order valence-corrected chi connectivity index (χ4v) is 2.22. The number of nitrogens with zero attached hydrogens (tertiary/aromatic N) is 2. The number of benzene rings is 1. The molecule has 1 unspecified atom stereocenters. The van der Waals surface area contributed by atoms with Gasteiger partial charge in [0.15, 0.2) is 0 Å². The van der Waals surface area contributed by atoms with Gasteiger partial charge in [-0.3, -0.25) is 4.79 Å². The second kappa shape index (κ2) is 9.15. The van der Waals surface area contributed by atoms with Crippen LogP contribution in [0.25, 0.3) is 0 Å². The molecule has 1 N–H and O–H groups in total. The molecule has 0 bridgehead atoms. The summed E-state index contributed by atoms with van der Waals surface area (Å²) in [7, 11) is 0. The van der Waals surface area contributed by atoms with Gasteiger partial charge >= 0.3 is 5.97 Å². The van der Waals surface area contributed by atoms with E-state index in [0.717, 1.165) is 0 Å². The molecule has 23 heavy (non-hydrogen) atoms. The van der Waals surface area contributed by atoms with Crippen molar-refractivity contribution in [3.05, 3.63) is 40.6 Å². The number of carbonyl (C=O) groups is 1. The summed E-state index contributed by atoms with van der Waals surface area (Å²) in [5, 5.41) is 17.7. The number of aromatic hydroxyl groups is 1. The molecule has 1 heterocycles. The lowest BCUT2D eigenvalue weighted by Gasteiger charge is -2.13. The standard InChI is InChI=1S/C14H15ClN2O4.C2H6/c1-3-20-13(19)7-12(14-17-16-8(2)21-14)9-4-10(15)6-11(18)5-9;1-2/h4-6,12,18H,3,7H2,1-2H3;1-2H3. The predicted molar refractivity (Wildman–Crippen MR) is 86.6 cm³/mol. The Bertz CT molecular complexity index is 623. The lowest BCUT2D eigenvalue weighted by molar-refractivity contribution is -0.143. The average Bonchev–Trinajstić information content (AvgIpc) is 2.92. The van der Waals surface area contributed by atoms with Crippen LogP contribution in [0.15, 0.2) is 22.6 Å². The Kier molecular flexibility index (Phi) is 7.54. The van der Waals surface area contributed by atoms with Crippen molar-refractivity contribution in [2.45, 2.75) is 40.0 Å². The van der Waals surface area contributed by atoms with Crippen molar-refractivity contribution in [3.8, 4) is 5.75 Å². The van der Waals surface area contributed by atoms with Crippen molar-refractivity contribution in [1.82, 2.24) is 10.2 Å². The molecule has 0 amide bonds. The number of carbonyl (C=O) groups excluding carboxylic acids is 1. The van der Waals surface area contributed by atoms with E-state index in [9.17, 15) is 9.90 Å². The van der Waals surface area contributed by atoms with Crippen molar-refractivity contribution < 1.29 is 19.1 Å². The molecule has 0 saturated heterocycles. The minimum absolute atomic E-state index is 0.00240. The van der Waals surface area contributed by atoms with E-state index in [1.807, 2.05) is 13.8 Å². The summed E-state index contributed by atoms with van der Waals surface area (Å²) in [6.45, 7) is 7.68. The maximum Gasteiger partial charge on any atom is 0.306 e. The molecular formula is C16H21ClN2O4. The van der Waals surface area contributed by atoms with Crippen LogP contribution in [-0.2, 0) is 9.53 Å². The van der Waals surface area contributed by atoms with E-state index in [2.05, 4.69) is 10.2 Å². The van der Waals surface area contributed by atoms with Crippen LogP contribution in [-0.4, -0.2) is 27.9 Å². The summed E-state index contributed by atoms with van der Waals surface area (Å²) in [6.07, 6.45) is 0.0231. The Balaban J connectivity index is 0.00000127. The van der Waals surface area contributed by atoms with Crippen LogP contribution in [0.3, 0.4) is 0 Å². The summed E-state index contributed by atoms with van der Waals surface area (Å²) < 4.78 is 10.4. The lowest BCUT2D eigenvalue weighted by atomic mass is 9.95. The zero-order chi connectivity index (χ0) is 17.4. The van der Waals surface area contributed by atoms with E-state index in [-0.39, 0.29) is 24.7 Å². The number of phenolic OH excluding ortho intramolecular Hbond substituents is 1. The second-order valence-electron chi connectivity index (χ2n) is 4.46. The highest BCUT2D eigenvalue weighted by atomic mass is 35.5. The highest BCUT2D eigenvalue weighted by Gasteiger charge is 2.25. The number of phenols is 1. The number of esters is 1. The zero-order valence-electron chi connectivity index (χ0n) is 13.7. The molecular weight excluding hydrogens is 320 g/mol. The first-order valence-corrected chi connectivity index (χ1v) is 7.82. The minimum atomic E-state index is -0.519. The lowest BCUT2D eigenvalue weighted by Crippen LogP contribution is -2.12. The topological polar surface area (TPSA) is 85.5 Å². The normalized spacial score (nSPS) is 11.3. The molecule has 2 rings (SSSR count). The van der Waals surface area contributed by atoms with Crippen LogP contribution in [0.1, 0.15) is 50.5 Å². The van der Waals surface area contributed by atoms with E-state index in [1.54, 1.807) is 19.9 Å². The summed E-state index contributed by atoms with van der Waals surface area (Å²) in [5.41, 5.74) is 0.608. The molecule has 1 aromatic carbocycles. The van der Waals surface area contributed by atoms with E-state index in [1.165, 1.54) is 12.1 Å². The number of hydrogen-bond donors (Lipinski definition) is 1. The third kappa shape index (κ3) is 5.56. The van der Waals surface area contributed by atoms with Crippen LogP contribution >= 0.6 is 11.6 Å². The largest absolute Gasteiger partial charge is 0.508 e. The van der Waals surface area contributed by atoms with E-state index < -0.39 is 11.9 Å². The number of hydrogen-bond acceptors (Lipinski definition) is 6. The fraction of sp³-hybridized carbons (Fsp3) is 0.438. The van der Waals surface area contributed by atoms with Crippen molar-refractivity contribution in [2.24, 2.45) is 0 Å². The van der Waals surface area contributed by atoms with Crippen LogP contribution < -0.4 is 0 Å². The Labute approximate surface area is 140 Å². The van der Waals surface area contributed by atoms with Gasteiger partial charge in [-0.1, -0.05) is 25.4 Å². The van der Waals surface area contributed by atoms with Gasteiger partial charge in [0.1, 0.15) is 5.75 Å². The maximum atomic E-state index is 11.8. The summed E-state index contributed by atoms with van der Waals surface area (Å²) in [6, 6.07) is 4.56. The predicted octanol–water partition coefficient (Wildman–Crippen LogP) is 3.85. The molecule has 0 aliphatic rings. The molecule has 1 atom stereocenters. The van der Waals surface area contributed by atoms with Gasteiger partial charge in [-0.2, -0.15) is 0 Å². The molecule has 0 radical (unpaired) electrons.